The van der Waals surface area contributed by atoms with Crippen LogP contribution in [0.15, 0.2) is 54.6 Å². The van der Waals surface area contributed by atoms with E-state index in [0.717, 1.165) is 22.7 Å². The van der Waals surface area contributed by atoms with E-state index in [9.17, 15) is 4.79 Å². The Kier molecular flexibility index (Phi) is 4.48. The Balaban J connectivity index is 2.01. The van der Waals surface area contributed by atoms with Crippen molar-refractivity contribution >= 4 is 22.4 Å². The van der Waals surface area contributed by atoms with Crippen LogP contribution in [-0.4, -0.2) is 26.7 Å². The second-order valence-corrected chi connectivity index (χ2v) is 6.72. The normalized spacial score (nSPS) is 16.3. The van der Waals surface area contributed by atoms with Gasteiger partial charge in [-0.3, -0.25) is 4.79 Å². The van der Waals surface area contributed by atoms with Gasteiger partial charge in [0.15, 0.2) is 0 Å². The lowest BCUT2D eigenvalue weighted by Crippen LogP contribution is -2.36. The highest BCUT2D eigenvalue weighted by atomic mass is 16.5. The van der Waals surface area contributed by atoms with E-state index in [4.69, 9.17) is 9.47 Å². The Labute approximate surface area is 159 Å². The number of carbonyl (C=O) groups is 1. The molecule has 4 heteroatoms. The van der Waals surface area contributed by atoms with E-state index in [1.807, 2.05) is 36.1 Å². The van der Waals surface area contributed by atoms with Crippen molar-refractivity contribution in [3.8, 4) is 11.5 Å². The Morgan fingerprint density at radius 2 is 1.85 bits per heavy atom. The number of hydrogen-bond acceptors (Lipinski definition) is 3. The zero-order valence-corrected chi connectivity index (χ0v) is 15.9. The third-order valence-corrected chi connectivity index (χ3v) is 5.40. The summed E-state index contributed by atoms with van der Waals surface area (Å²) in [4.78, 5) is 14.8. The lowest BCUT2D eigenvalue weighted by atomic mass is 9.80. The van der Waals surface area contributed by atoms with Crippen molar-refractivity contribution in [3.63, 3.8) is 0 Å². The van der Waals surface area contributed by atoms with Gasteiger partial charge in [-0.25, -0.2) is 0 Å². The molecule has 3 aromatic rings. The summed E-state index contributed by atoms with van der Waals surface area (Å²) in [5, 5.41) is 2.35. The Bertz CT molecular complexity index is 1010. The predicted octanol–water partition coefficient (Wildman–Crippen LogP) is 4.75. The molecule has 0 saturated heterocycles. The molecular weight excluding hydrogens is 338 g/mol. The number of amides is 1. The molecule has 4 rings (SSSR count). The lowest BCUT2D eigenvalue weighted by molar-refractivity contribution is -0.119. The average Bonchev–Trinajstić information content (AvgIpc) is 2.72. The lowest BCUT2D eigenvalue weighted by Gasteiger charge is -2.35. The van der Waals surface area contributed by atoms with Crippen LogP contribution in [0.2, 0.25) is 0 Å². The van der Waals surface area contributed by atoms with Crippen molar-refractivity contribution in [3.05, 3.63) is 65.7 Å². The largest absolute Gasteiger partial charge is 0.497 e. The zero-order valence-electron chi connectivity index (χ0n) is 15.9. The van der Waals surface area contributed by atoms with Crippen molar-refractivity contribution in [1.29, 1.82) is 0 Å². The molecule has 0 aliphatic carbocycles. The van der Waals surface area contributed by atoms with Crippen molar-refractivity contribution in [2.24, 2.45) is 0 Å². The molecule has 138 valence electrons. The van der Waals surface area contributed by atoms with Crippen molar-refractivity contribution in [1.82, 2.24) is 0 Å². The van der Waals surface area contributed by atoms with E-state index in [1.165, 1.54) is 16.3 Å². The minimum absolute atomic E-state index is 0.0774. The summed E-state index contributed by atoms with van der Waals surface area (Å²) in [6.07, 6.45) is 0.415. The summed E-state index contributed by atoms with van der Waals surface area (Å²) in [7, 11) is 3.32. The SMILES string of the molecule is CCN1C(=O)CC(c2cc(OC)ccc2OC)c2c1ccc1ccccc21. The maximum Gasteiger partial charge on any atom is 0.227 e. The van der Waals surface area contributed by atoms with Gasteiger partial charge in [0.1, 0.15) is 11.5 Å². The van der Waals surface area contributed by atoms with Gasteiger partial charge in [0.2, 0.25) is 5.91 Å². The Morgan fingerprint density at radius 3 is 2.59 bits per heavy atom. The first kappa shape index (κ1) is 17.4. The van der Waals surface area contributed by atoms with Gasteiger partial charge in [-0.2, -0.15) is 0 Å². The number of ether oxygens (including phenoxy) is 2. The second-order valence-electron chi connectivity index (χ2n) is 6.72. The molecule has 1 atom stereocenters. The van der Waals surface area contributed by atoms with Crippen LogP contribution in [0.25, 0.3) is 10.8 Å². The monoisotopic (exact) mass is 361 g/mol. The summed E-state index contributed by atoms with van der Waals surface area (Å²) < 4.78 is 11.1. The maximum absolute atomic E-state index is 12.9. The molecule has 0 N–H and O–H groups in total. The number of hydrogen-bond donors (Lipinski definition) is 0. The number of anilines is 1. The highest BCUT2D eigenvalue weighted by Gasteiger charge is 2.34. The summed E-state index contributed by atoms with van der Waals surface area (Å²) in [5.41, 5.74) is 3.15. The van der Waals surface area contributed by atoms with Crippen LogP contribution in [-0.2, 0) is 4.79 Å². The molecule has 1 aliphatic heterocycles. The van der Waals surface area contributed by atoms with Crippen LogP contribution in [0, 0.1) is 0 Å². The van der Waals surface area contributed by atoms with E-state index in [1.54, 1.807) is 14.2 Å². The predicted molar refractivity (Wildman–Crippen MR) is 108 cm³/mol. The van der Waals surface area contributed by atoms with Gasteiger partial charge in [0, 0.05) is 30.1 Å². The van der Waals surface area contributed by atoms with E-state index in [0.29, 0.717) is 13.0 Å². The number of methoxy groups -OCH3 is 2. The fourth-order valence-electron chi connectivity index (χ4n) is 4.13. The third-order valence-electron chi connectivity index (χ3n) is 5.40. The third kappa shape index (κ3) is 2.81. The fraction of sp³-hybridized carbons (Fsp3) is 0.261. The van der Waals surface area contributed by atoms with Crippen LogP contribution in [0.4, 0.5) is 5.69 Å². The molecule has 1 unspecified atom stereocenters. The van der Waals surface area contributed by atoms with Gasteiger partial charge >= 0.3 is 0 Å². The summed E-state index contributed by atoms with van der Waals surface area (Å²) in [6.45, 7) is 2.68. The number of nitrogens with zero attached hydrogens (tertiary/aromatic N) is 1. The summed E-state index contributed by atoms with van der Waals surface area (Å²) in [5.74, 6) is 1.59. The molecule has 27 heavy (non-hydrogen) atoms. The summed E-state index contributed by atoms with van der Waals surface area (Å²) in [6, 6.07) is 18.3. The molecular formula is C23H23NO3. The van der Waals surface area contributed by atoms with E-state index < -0.39 is 0 Å². The van der Waals surface area contributed by atoms with Gasteiger partial charge in [0.25, 0.3) is 0 Å². The Morgan fingerprint density at radius 1 is 1.04 bits per heavy atom. The van der Waals surface area contributed by atoms with E-state index >= 15 is 0 Å². The quantitative estimate of drug-likeness (QED) is 0.673. The minimum Gasteiger partial charge on any atom is -0.497 e. The molecule has 1 heterocycles. The van der Waals surface area contributed by atoms with Gasteiger partial charge in [-0.15, -0.1) is 0 Å². The zero-order chi connectivity index (χ0) is 19.0. The van der Waals surface area contributed by atoms with Crippen LogP contribution in [0.1, 0.15) is 30.4 Å². The van der Waals surface area contributed by atoms with Gasteiger partial charge < -0.3 is 14.4 Å². The Hall–Kier alpha value is -3.01. The smallest absolute Gasteiger partial charge is 0.227 e. The first-order valence-electron chi connectivity index (χ1n) is 9.21. The molecule has 0 bridgehead atoms. The molecule has 0 saturated carbocycles. The van der Waals surface area contributed by atoms with Crippen molar-refractivity contribution in [2.45, 2.75) is 19.3 Å². The maximum atomic E-state index is 12.9. The van der Waals surface area contributed by atoms with Gasteiger partial charge in [0.05, 0.1) is 14.2 Å². The number of rotatable bonds is 4. The van der Waals surface area contributed by atoms with Gasteiger partial charge in [-0.05, 0) is 47.5 Å². The highest BCUT2D eigenvalue weighted by molar-refractivity contribution is 6.03. The number of fused-ring (bicyclic) bond motifs is 3. The molecule has 1 aliphatic rings. The van der Waals surface area contributed by atoms with Gasteiger partial charge in [-0.1, -0.05) is 30.3 Å². The number of benzene rings is 3. The highest BCUT2D eigenvalue weighted by Crippen LogP contribution is 2.46. The van der Waals surface area contributed by atoms with Crippen LogP contribution in [0.5, 0.6) is 11.5 Å². The molecule has 3 aromatic carbocycles. The number of carbonyl (C=O) groups excluding carboxylic acids is 1. The van der Waals surface area contributed by atoms with Crippen LogP contribution < -0.4 is 14.4 Å². The minimum atomic E-state index is -0.0774. The topological polar surface area (TPSA) is 38.8 Å². The standard InChI is InChI=1S/C23H23NO3/c1-4-24-20-11-9-15-7-5-6-8-17(15)23(20)19(14-22(24)25)18-13-16(26-2)10-12-21(18)27-3/h5-13,19H,4,14H2,1-3H3. The molecule has 0 radical (unpaired) electrons. The fourth-order valence-corrected chi connectivity index (χ4v) is 4.13. The molecule has 1 amide bonds. The van der Waals surface area contributed by atoms with Crippen molar-refractivity contribution in [2.75, 3.05) is 25.7 Å². The molecule has 0 spiro atoms. The first-order chi connectivity index (χ1) is 13.2. The van der Waals surface area contributed by atoms with E-state index in [-0.39, 0.29) is 11.8 Å². The summed E-state index contributed by atoms with van der Waals surface area (Å²) >= 11 is 0. The molecule has 4 nitrogen and oxygen atoms in total. The molecule has 0 fully saturated rings. The van der Waals surface area contributed by atoms with Crippen molar-refractivity contribution < 1.29 is 14.3 Å². The van der Waals surface area contributed by atoms with E-state index in [2.05, 4.69) is 30.3 Å². The second kappa shape index (κ2) is 6.95. The first-order valence-corrected chi connectivity index (χ1v) is 9.21. The van der Waals surface area contributed by atoms with Crippen LogP contribution in [0.3, 0.4) is 0 Å². The van der Waals surface area contributed by atoms with Crippen LogP contribution >= 0.6 is 0 Å². The molecule has 0 aromatic heterocycles. The average molecular weight is 361 g/mol.